The summed E-state index contributed by atoms with van der Waals surface area (Å²) in [5.41, 5.74) is -4.87. The van der Waals surface area contributed by atoms with Crippen molar-refractivity contribution in [3.05, 3.63) is 0 Å². The molecule has 0 radical (unpaired) electrons. The van der Waals surface area contributed by atoms with Crippen molar-refractivity contribution < 1.29 is 34.8 Å². The smallest absolute Gasteiger partial charge is 0.337 e. The van der Waals surface area contributed by atoms with Crippen LogP contribution in [0.25, 0.3) is 0 Å². The maximum absolute atomic E-state index is 12.6. The van der Waals surface area contributed by atoms with E-state index in [1.165, 1.54) is 89.9 Å². The molecular weight excluding hydrogens is 544 g/mol. The summed E-state index contributed by atoms with van der Waals surface area (Å²) in [6.07, 6.45) is 25.3. The Morgan fingerprint density at radius 1 is 0.512 bits per heavy atom. The van der Waals surface area contributed by atoms with E-state index in [9.17, 15) is 34.8 Å². The summed E-state index contributed by atoms with van der Waals surface area (Å²) in [4.78, 5) is 36.4. The molecule has 0 aliphatic rings. The van der Waals surface area contributed by atoms with E-state index >= 15 is 0 Å². The summed E-state index contributed by atoms with van der Waals surface area (Å²) >= 11 is 0. The number of aliphatic carboxylic acids is 3. The van der Waals surface area contributed by atoms with Gasteiger partial charge in [0.05, 0.1) is 6.42 Å². The highest BCUT2D eigenvalue weighted by Crippen LogP contribution is 2.45. The van der Waals surface area contributed by atoms with Gasteiger partial charge in [-0.3, -0.25) is 9.59 Å². The molecule has 0 aliphatic heterocycles. The Balaban J connectivity index is 4.70. The van der Waals surface area contributed by atoms with Crippen molar-refractivity contribution >= 4 is 17.9 Å². The maximum Gasteiger partial charge on any atom is 0.337 e. The number of carboxylic acid groups (broad SMARTS) is 3. The number of carboxylic acids is 3. The van der Waals surface area contributed by atoms with Gasteiger partial charge in [-0.15, -0.1) is 0 Å². The van der Waals surface area contributed by atoms with Crippen molar-refractivity contribution in [1.29, 1.82) is 0 Å². The molecule has 0 aromatic rings. The van der Waals surface area contributed by atoms with Crippen LogP contribution in [0.15, 0.2) is 0 Å². The van der Waals surface area contributed by atoms with Gasteiger partial charge in [-0.25, -0.2) is 4.79 Å². The fraction of sp³-hybridized carbons (Fsp3) is 0.917. The lowest BCUT2D eigenvalue weighted by molar-refractivity contribution is -0.196. The van der Waals surface area contributed by atoms with E-state index in [0.29, 0.717) is 12.8 Å². The topological polar surface area (TPSA) is 132 Å². The first-order valence-corrected chi connectivity index (χ1v) is 17.9. The Morgan fingerprint density at radius 3 is 1.12 bits per heavy atom. The van der Waals surface area contributed by atoms with Crippen molar-refractivity contribution in [2.75, 3.05) is 0 Å². The van der Waals surface area contributed by atoms with Crippen LogP contribution in [0.2, 0.25) is 0 Å². The first kappa shape index (κ1) is 41.4. The third-order valence-corrected chi connectivity index (χ3v) is 9.30. The summed E-state index contributed by atoms with van der Waals surface area (Å²) in [5, 5.41) is 40.7. The summed E-state index contributed by atoms with van der Waals surface area (Å²) < 4.78 is 0. The van der Waals surface area contributed by atoms with Crippen molar-refractivity contribution in [3.8, 4) is 0 Å². The monoisotopic (exact) mass is 612 g/mol. The fourth-order valence-electron chi connectivity index (χ4n) is 6.44. The molecule has 7 heteroatoms. The van der Waals surface area contributed by atoms with E-state index in [1.54, 1.807) is 0 Å². The molecule has 2 atom stereocenters. The van der Waals surface area contributed by atoms with Gasteiger partial charge in [0, 0.05) is 0 Å². The molecule has 7 nitrogen and oxygen atoms in total. The largest absolute Gasteiger partial charge is 0.481 e. The number of hydrogen-bond donors (Lipinski definition) is 4. The Hall–Kier alpha value is -1.63. The van der Waals surface area contributed by atoms with E-state index in [-0.39, 0.29) is 12.8 Å². The van der Waals surface area contributed by atoms with E-state index < -0.39 is 35.3 Å². The summed E-state index contributed by atoms with van der Waals surface area (Å²) in [5.74, 6) is -3.93. The molecule has 0 rings (SSSR count). The van der Waals surface area contributed by atoms with Crippen molar-refractivity contribution in [2.45, 2.75) is 200 Å². The second kappa shape index (κ2) is 25.7. The zero-order valence-electron chi connectivity index (χ0n) is 28.2. The molecule has 0 aromatic heterocycles. The van der Waals surface area contributed by atoms with E-state index in [0.717, 1.165) is 57.3 Å². The zero-order valence-corrected chi connectivity index (χ0v) is 28.2. The number of carbonyl (C=O) groups is 3. The van der Waals surface area contributed by atoms with Gasteiger partial charge in [0.1, 0.15) is 5.41 Å². The highest BCUT2D eigenvalue weighted by molar-refractivity contribution is 5.92. The van der Waals surface area contributed by atoms with Gasteiger partial charge in [0.2, 0.25) is 0 Å². The number of unbranched alkanes of at least 4 members (excludes halogenated alkanes) is 21. The molecule has 2 unspecified atom stereocenters. The molecule has 0 spiro atoms. The molecule has 0 aliphatic carbocycles. The quantitative estimate of drug-likeness (QED) is 0.0556. The Kier molecular flexibility index (Phi) is 24.7. The van der Waals surface area contributed by atoms with Crippen LogP contribution in [0.5, 0.6) is 0 Å². The predicted molar refractivity (Wildman–Crippen MR) is 175 cm³/mol. The zero-order chi connectivity index (χ0) is 32.4. The predicted octanol–water partition coefficient (Wildman–Crippen LogP) is 10.2. The Morgan fingerprint density at radius 2 is 0.837 bits per heavy atom. The highest BCUT2D eigenvalue weighted by atomic mass is 16.4. The highest BCUT2D eigenvalue weighted by Gasteiger charge is 2.61. The second-order valence-corrected chi connectivity index (χ2v) is 13.6. The van der Waals surface area contributed by atoms with Gasteiger partial charge in [-0.05, 0) is 18.8 Å². The van der Waals surface area contributed by atoms with E-state index in [2.05, 4.69) is 20.8 Å². The second-order valence-electron chi connectivity index (χ2n) is 13.6. The van der Waals surface area contributed by atoms with Crippen LogP contribution in [-0.2, 0) is 14.4 Å². The molecule has 0 aromatic carbocycles. The van der Waals surface area contributed by atoms with Crippen LogP contribution >= 0.6 is 0 Å². The minimum absolute atomic E-state index is 0.0349. The SMILES string of the molecule is CCCCCCCCCCCCCCCCC(CCCCCCCCCCCC(C)C)(C(=O)O)C(O)(CC(=O)O)C(=O)O. The van der Waals surface area contributed by atoms with Gasteiger partial charge >= 0.3 is 17.9 Å². The first-order chi connectivity index (χ1) is 20.5. The summed E-state index contributed by atoms with van der Waals surface area (Å²) in [7, 11) is 0. The molecule has 0 heterocycles. The van der Waals surface area contributed by atoms with Gasteiger partial charge in [-0.1, -0.05) is 175 Å². The third-order valence-electron chi connectivity index (χ3n) is 9.30. The fourth-order valence-corrected chi connectivity index (χ4v) is 6.44. The van der Waals surface area contributed by atoms with Crippen LogP contribution in [0.1, 0.15) is 194 Å². The van der Waals surface area contributed by atoms with Crippen LogP contribution in [0, 0.1) is 11.3 Å². The Labute approximate surface area is 263 Å². The average Bonchev–Trinajstić information content (AvgIpc) is 2.94. The van der Waals surface area contributed by atoms with Gasteiger partial charge in [0.15, 0.2) is 5.60 Å². The molecule has 0 saturated carbocycles. The molecule has 0 bridgehead atoms. The maximum atomic E-state index is 12.6. The van der Waals surface area contributed by atoms with Crippen LogP contribution in [-0.4, -0.2) is 43.9 Å². The number of aliphatic hydroxyl groups is 1. The summed E-state index contributed by atoms with van der Waals surface area (Å²) in [6, 6.07) is 0. The van der Waals surface area contributed by atoms with Gasteiger partial charge in [-0.2, -0.15) is 0 Å². The van der Waals surface area contributed by atoms with Crippen LogP contribution in [0.4, 0.5) is 0 Å². The van der Waals surface area contributed by atoms with Gasteiger partial charge < -0.3 is 20.4 Å². The lowest BCUT2D eigenvalue weighted by atomic mass is 9.64. The third kappa shape index (κ3) is 18.7. The number of hydrogen-bond acceptors (Lipinski definition) is 4. The lowest BCUT2D eigenvalue weighted by Gasteiger charge is -2.41. The molecule has 4 N–H and O–H groups in total. The van der Waals surface area contributed by atoms with Gasteiger partial charge in [0.25, 0.3) is 0 Å². The molecular formula is C36H68O7. The molecule has 0 amide bonds. The van der Waals surface area contributed by atoms with Crippen molar-refractivity contribution in [2.24, 2.45) is 11.3 Å². The first-order valence-electron chi connectivity index (χ1n) is 17.9. The molecule has 0 fully saturated rings. The molecule has 43 heavy (non-hydrogen) atoms. The van der Waals surface area contributed by atoms with Crippen molar-refractivity contribution in [1.82, 2.24) is 0 Å². The van der Waals surface area contributed by atoms with E-state index in [1.807, 2.05) is 0 Å². The molecule has 0 saturated heterocycles. The average molecular weight is 613 g/mol. The summed E-state index contributed by atoms with van der Waals surface area (Å²) in [6.45, 7) is 6.73. The standard InChI is InChI=1S/C36H68O7/c1-4-5-6-7-8-9-10-11-12-13-16-19-22-25-28-35(33(39)40,36(43,34(41)42)30-32(37)38)29-26-23-20-17-14-15-18-21-24-27-31(2)3/h31,43H,4-30H2,1-3H3,(H,37,38)(H,39,40)(H,41,42). The van der Waals surface area contributed by atoms with Crippen LogP contribution < -0.4 is 0 Å². The minimum atomic E-state index is -2.85. The normalized spacial score (nSPS) is 14.4. The van der Waals surface area contributed by atoms with Crippen LogP contribution in [0.3, 0.4) is 0 Å². The Bertz CT molecular complexity index is 722. The van der Waals surface area contributed by atoms with Crippen molar-refractivity contribution in [3.63, 3.8) is 0 Å². The number of rotatable bonds is 32. The minimum Gasteiger partial charge on any atom is -0.481 e. The lowest BCUT2D eigenvalue weighted by Crippen LogP contribution is -2.59. The molecule has 254 valence electrons. The van der Waals surface area contributed by atoms with E-state index in [4.69, 9.17) is 0 Å².